The fourth-order valence-corrected chi connectivity index (χ4v) is 2.39. The second-order valence-corrected chi connectivity index (χ2v) is 5.44. The number of hydrogen-bond acceptors (Lipinski definition) is 2. The van der Waals surface area contributed by atoms with Crippen LogP contribution >= 0.6 is 11.6 Å². The molecule has 2 aromatic carbocycles. The molecule has 2 N–H and O–H groups in total. The van der Waals surface area contributed by atoms with E-state index in [-0.39, 0.29) is 0 Å². The zero-order valence-electron chi connectivity index (χ0n) is 11.7. The molecule has 0 amide bonds. The van der Waals surface area contributed by atoms with Crippen molar-refractivity contribution in [2.75, 3.05) is 5.32 Å². The van der Waals surface area contributed by atoms with Crippen LogP contribution in [0.5, 0.6) is 0 Å². The number of aromatic amines is 1. The quantitative estimate of drug-likeness (QED) is 0.736. The number of aryl methyl sites for hydroxylation is 1. The molecule has 0 bridgehead atoms. The molecule has 1 aromatic heterocycles. The highest BCUT2D eigenvalue weighted by atomic mass is 35.5. The molecule has 3 rings (SSSR count). The maximum atomic E-state index is 5.89. The number of nitrogens with zero attached hydrogens (tertiary/aromatic N) is 1. The van der Waals surface area contributed by atoms with Crippen LogP contribution < -0.4 is 5.32 Å². The van der Waals surface area contributed by atoms with Crippen molar-refractivity contribution in [1.29, 1.82) is 0 Å². The maximum Gasteiger partial charge on any atom is 0.0700 e. The summed E-state index contributed by atoms with van der Waals surface area (Å²) in [7, 11) is 0. The van der Waals surface area contributed by atoms with Crippen LogP contribution in [0.25, 0.3) is 11.3 Å². The number of anilines is 1. The molecule has 0 aliphatic heterocycles. The molecule has 0 fully saturated rings. The van der Waals surface area contributed by atoms with E-state index in [1.807, 2.05) is 30.5 Å². The predicted molar refractivity (Wildman–Crippen MR) is 87.5 cm³/mol. The van der Waals surface area contributed by atoms with Gasteiger partial charge in [0.1, 0.15) is 0 Å². The van der Waals surface area contributed by atoms with Gasteiger partial charge in [0.2, 0.25) is 0 Å². The Morgan fingerprint density at radius 2 is 1.95 bits per heavy atom. The van der Waals surface area contributed by atoms with Gasteiger partial charge in [-0.1, -0.05) is 35.4 Å². The van der Waals surface area contributed by atoms with E-state index in [4.69, 9.17) is 11.6 Å². The molecular formula is C17H16ClN3. The van der Waals surface area contributed by atoms with Gasteiger partial charge < -0.3 is 5.32 Å². The Balaban J connectivity index is 1.78. The topological polar surface area (TPSA) is 40.7 Å². The lowest BCUT2D eigenvalue weighted by molar-refractivity contribution is 1.09. The van der Waals surface area contributed by atoms with E-state index in [9.17, 15) is 0 Å². The summed E-state index contributed by atoms with van der Waals surface area (Å²) in [6.45, 7) is 2.80. The van der Waals surface area contributed by atoms with Crippen LogP contribution in [0.15, 0.2) is 54.7 Å². The summed E-state index contributed by atoms with van der Waals surface area (Å²) in [5.41, 5.74) is 5.62. The first-order chi connectivity index (χ1) is 10.2. The van der Waals surface area contributed by atoms with E-state index in [1.165, 1.54) is 5.56 Å². The van der Waals surface area contributed by atoms with Gasteiger partial charge in [-0.15, -0.1) is 0 Å². The van der Waals surface area contributed by atoms with Crippen molar-refractivity contribution in [3.05, 3.63) is 70.9 Å². The fourth-order valence-electron chi connectivity index (χ4n) is 2.26. The van der Waals surface area contributed by atoms with Crippen LogP contribution in [0.1, 0.15) is 11.1 Å². The third-order valence-corrected chi connectivity index (χ3v) is 3.60. The lowest BCUT2D eigenvalue weighted by Gasteiger charge is -2.07. The second kappa shape index (κ2) is 6.02. The van der Waals surface area contributed by atoms with E-state index < -0.39 is 0 Å². The van der Waals surface area contributed by atoms with Crippen molar-refractivity contribution in [1.82, 2.24) is 10.2 Å². The Bertz CT molecular complexity index is 732. The van der Waals surface area contributed by atoms with Crippen LogP contribution in [0, 0.1) is 6.92 Å². The number of nitrogens with one attached hydrogen (secondary N) is 2. The highest BCUT2D eigenvalue weighted by Gasteiger charge is 2.07. The van der Waals surface area contributed by atoms with Crippen molar-refractivity contribution >= 4 is 17.3 Å². The molecule has 0 unspecified atom stereocenters. The first-order valence-corrected chi connectivity index (χ1v) is 7.19. The summed E-state index contributed by atoms with van der Waals surface area (Å²) in [5, 5.41) is 11.4. The summed E-state index contributed by atoms with van der Waals surface area (Å²) in [5.74, 6) is 0. The van der Waals surface area contributed by atoms with Gasteiger partial charge >= 0.3 is 0 Å². The van der Waals surface area contributed by atoms with E-state index in [2.05, 4.69) is 46.7 Å². The number of rotatable bonds is 4. The van der Waals surface area contributed by atoms with Crippen LogP contribution in [-0.4, -0.2) is 10.2 Å². The number of benzene rings is 2. The standard InChI is InChI=1S/C17H16ClN3/c1-12-3-2-4-13(9-12)17-14(11-20-21-17)10-19-16-7-5-15(18)6-8-16/h2-9,11,19H,10H2,1H3,(H,20,21). The molecule has 0 spiro atoms. The molecule has 0 aliphatic rings. The van der Waals surface area contributed by atoms with Crippen molar-refractivity contribution in [3.63, 3.8) is 0 Å². The van der Waals surface area contributed by atoms with Gasteiger partial charge in [-0.2, -0.15) is 5.10 Å². The second-order valence-electron chi connectivity index (χ2n) is 5.00. The van der Waals surface area contributed by atoms with E-state index >= 15 is 0 Å². The SMILES string of the molecule is Cc1cccc(-c2[nH]ncc2CNc2ccc(Cl)cc2)c1. The van der Waals surface area contributed by atoms with Gasteiger partial charge in [-0.05, 0) is 37.3 Å². The Kier molecular flexibility index (Phi) is 3.93. The molecule has 1 heterocycles. The Morgan fingerprint density at radius 1 is 1.14 bits per heavy atom. The molecule has 3 aromatic rings. The van der Waals surface area contributed by atoms with Crippen LogP contribution in [-0.2, 0) is 6.54 Å². The third kappa shape index (κ3) is 3.26. The minimum atomic E-state index is 0.710. The summed E-state index contributed by atoms with van der Waals surface area (Å²) in [6.07, 6.45) is 1.86. The van der Waals surface area contributed by atoms with Crippen molar-refractivity contribution in [2.24, 2.45) is 0 Å². The summed E-state index contributed by atoms with van der Waals surface area (Å²) >= 11 is 5.89. The Morgan fingerprint density at radius 3 is 2.71 bits per heavy atom. The van der Waals surface area contributed by atoms with Gasteiger partial charge in [0, 0.05) is 28.4 Å². The smallest absolute Gasteiger partial charge is 0.0700 e. The lowest BCUT2D eigenvalue weighted by atomic mass is 10.1. The normalized spacial score (nSPS) is 10.6. The monoisotopic (exact) mass is 297 g/mol. The van der Waals surface area contributed by atoms with Gasteiger partial charge in [0.15, 0.2) is 0 Å². The molecule has 106 valence electrons. The Labute approximate surface area is 129 Å². The molecule has 3 nitrogen and oxygen atoms in total. The number of aromatic nitrogens is 2. The van der Waals surface area contributed by atoms with Crippen molar-refractivity contribution in [2.45, 2.75) is 13.5 Å². The van der Waals surface area contributed by atoms with Crippen LogP contribution in [0.4, 0.5) is 5.69 Å². The van der Waals surface area contributed by atoms with Gasteiger partial charge in [0.05, 0.1) is 11.9 Å². The van der Waals surface area contributed by atoms with Crippen LogP contribution in [0.3, 0.4) is 0 Å². The molecule has 21 heavy (non-hydrogen) atoms. The zero-order chi connectivity index (χ0) is 14.7. The average molecular weight is 298 g/mol. The largest absolute Gasteiger partial charge is 0.381 e. The average Bonchev–Trinajstić information content (AvgIpc) is 2.95. The molecule has 4 heteroatoms. The molecule has 0 aliphatic carbocycles. The fraction of sp³-hybridized carbons (Fsp3) is 0.118. The third-order valence-electron chi connectivity index (χ3n) is 3.35. The van der Waals surface area contributed by atoms with E-state index in [1.54, 1.807) is 0 Å². The first-order valence-electron chi connectivity index (χ1n) is 6.81. The Hall–Kier alpha value is -2.26. The van der Waals surface area contributed by atoms with Gasteiger partial charge in [0.25, 0.3) is 0 Å². The highest BCUT2D eigenvalue weighted by molar-refractivity contribution is 6.30. The van der Waals surface area contributed by atoms with E-state index in [0.717, 1.165) is 27.5 Å². The maximum absolute atomic E-state index is 5.89. The minimum Gasteiger partial charge on any atom is -0.381 e. The zero-order valence-corrected chi connectivity index (χ0v) is 12.5. The molecular weight excluding hydrogens is 282 g/mol. The molecule has 0 radical (unpaired) electrons. The van der Waals surface area contributed by atoms with Gasteiger partial charge in [-0.3, -0.25) is 5.10 Å². The minimum absolute atomic E-state index is 0.710. The summed E-state index contributed by atoms with van der Waals surface area (Å²) < 4.78 is 0. The predicted octanol–water partition coefficient (Wildman–Crippen LogP) is 4.65. The number of halogens is 1. The molecule has 0 saturated carbocycles. The summed E-state index contributed by atoms with van der Waals surface area (Å²) in [6, 6.07) is 16.1. The molecule has 0 saturated heterocycles. The number of H-pyrrole nitrogens is 1. The first kappa shape index (κ1) is 13.7. The highest BCUT2D eigenvalue weighted by Crippen LogP contribution is 2.23. The molecule has 0 atom stereocenters. The van der Waals surface area contributed by atoms with Crippen molar-refractivity contribution in [3.8, 4) is 11.3 Å². The van der Waals surface area contributed by atoms with Gasteiger partial charge in [-0.25, -0.2) is 0 Å². The lowest BCUT2D eigenvalue weighted by Crippen LogP contribution is -1.99. The van der Waals surface area contributed by atoms with E-state index in [0.29, 0.717) is 6.54 Å². The summed E-state index contributed by atoms with van der Waals surface area (Å²) in [4.78, 5) is 0. The van der Waals surface area contributed by atoms with Crippen LogP contribution in [0.2, 0.25) is 5.02 Å². The number of hydrogen-bond donors (Lipinski definition) is 2. The van der Waals surface area contributed by atoms with Crippen molar-refractivity contribution < 1.29 is 0 Å².